The number of alkyl halides is 3. The third-order valence-corrected chi connectivity index (χ3v) is 6.16. The number of anilines is 2. The molecule has 0 bridgehead atoms. The lowest BCUT2D eigenvalue weighted by Gasteiger charge is -2.18. The Bertz CT molecular complexity index is 1250. The van der Waals surface area contributed by atoms with Crippen molar-refractivity contribution in [3.8, 4) is 16.2 Å². The Kier molecular flexibility index (Phi) is 11.7. The van der Waals surface area contributed by atoms with Crippen molar-refractivity contribution in [1.82, 2.24) is 9.88 Å². The molecule has 2 aromatic heterocycles. The fourth-order valence-corrected chi connectivity index (χ4v) is 4.17. The van der Waals surface area contributed by atoms with Crippen molar-refractivity contribution >= 4 is 39.9 Å². The Morgan fingerprint density at radius 1 is 1.10 bits per heavy atom. The number of carbonyl (C=O) groups is 3. The summed E-state index contributed by atoms with van der Waals surface area (Å²) in [5.74, 6) is -2.38. The van der Waals surface area contributed by atoms with Crippen LogP contribution in [0.3, 0.4) is 0 Å². The van der Waals surface area contributed by atoms with Crippen molar-refractivity contribution in [2.24, 2.45) is 5.73 Å². The summed E-state index contributed by atoms with van der Waals surface area (Å²) in [6.45, 7) is 7.65. The first-order chi connectivity index (χ1) is 18.4. The first kappa shape index (κ1) is 31.1. The fraction of sp³-hybridized carbons (Fsp3) is 0.280. The van der Waals surface area contributed by atoms with Crippen LogP contribution in [0.4, 0.5) is 28.7 Å². The first-order valence-corrected chi connectivity index (χ1v) is 12.4. The van der Waals surface area contributed by atoms with Crippen molar-refractivity contribution in [3.63, 3.8) is 0 Å². The number of hydrogen-bond acceptors (Lipinski definition) is 7. The van der Waals surface area contributed by atoms with E-state index in [1.165, 1.54) is 11.3 Å². The maximum absolute atomic E-state index is 12.8. The molecule has 0 saturated carbocycles. The zero-order chi connectivity index (χ0) is 29.0. The van der Waals surface area contributed by atoms with Crippen LogP contribution in [0.2, 0.25) is 0 Å². The molecule has 0 aliphatic rings. The van der Waals surface area contributed by atoms with Crippen molar-refractivity contribution in [3.05, 3.63) is 60.4 Å². The van der Waals surface area contributed by atoms with E-state index >= 15 is 0 Å². The number of halogens is 3. The normalized spacial score (nSPS) is 10.8. The molecule has 3 amide bonds. The summed E-state index contributed by atoms with van der Waals surface area (Å²) in [6.07, 6.45) is -1.92. The number of carboxylic acid groups (broad SMARTS) is 1. The van der Waals surface area contributed by atoms with Crippen LogP contribution in [0.25, 0.3) is 10.4 Å². The van der Waals surface area contributed by atoms with Crippen molar-refractivity contribution in [1.29, 1.82) is 0 Å². The lowest BCUT2D eigenvalue weighted by Crippen LogP contribution is -2.27. The van der Waals surface area contributed by atoms with Gasteiger partial charge in [0.1, 0.15) is 17.4 Å². The number of rotatable bonds is 10. The van der Waals surface area contributed by atoms with E-state index in [2.05, 4.69) is 34.4 Å². The number of nitrogens with one attached hydrogen (secondary N) is 2. The summed E-state index contributed by atoms with van der Waals surface area (Å²) in [7, 11) is 0. The van der Waals surface area contributed by atoms with Gasteiger partial charge in [-0.1, -0.05) is 26.0 Å². The van der Waals surface area contributed by atoms with E-state index in [9.17, 15) is 22.8 Å². The molecule has 14 heteroatoms. The molecule has 1 aromatic carbocycles. The molecule has 0 saturated heterocycles. The molecule has 5 N–H and O–H groups in total. The summed E-state index contributed by atoms with van der Waals surface area (Å²) in [5.41, 5.74) is 7.06. The zero-order valence-electron chi connectivity index (χ0n) is 21.1. The molecule has 0 aliphatic heterocycles. The highest BCUT2D eigenvalue weighted by Gasteiger charge is 2.38. The van der Waals surface area contributed by atoms with Crippen LogP contribution in [0.15, 0.2) is 54.9 Å². The van der Waals surface area contributed by atoms with Gasteiger partial charge in [-0.25, -0.2) is 9.59 Å². The number of primary amides is 1. The molecule has 0 fully saturated rings. The third kappa shape index (κ3) is 10.2. The second kappa shape index (κ2) is 14.7. The van der Waals surface area contributed by atoms with Gasteiger partial charge in [0, 0.05) is 17.6 Å². The smallest absolute Gasteiger partial charge is 0.490 e. The van der Waals surface area contributed by atoms with E-state index in [-0.39, 0.29) is 5.91 Å². The minimum absolute atomic E-state index is 0.320. The Hall–Kier alpha value is -4.17. The minimum atomic E-state index is -5.08. The number of aromatic nitrogens is 1. The summed E-state index contributed by atoms with van der Waals surface area (Å²) >= 11 is 1.27. The molecule has 0 radical (unpaired) electrons. The van der Waals surface area contributed by atoms with Gasteiger partial charge in [-0.05, 0) is 49.0 Å². The van der Waals surface area contributed by atoms with Crippen LogP contribution >= 0.6 is 11.3 Å². The number of aliphatic carboxylic acids is 1. The number of carboxylic acids is 1. The van der Waals surface area contributed by atoms with Crippen molar-refractivity contribution in [2.45, 2.75) is 20.0 Å². The predicted octanol–water partition coefficient (Wildman–Crippen LogP) is 4.91. The first-order valence-electron chi connectivity index (χ1n) is 11.6. The van der Waals surface area contributed by atoms with Gasteiger partial charge in [-0.3, -0.25) is 15.1 Å². The maximum atomic E-state index is 12.8. The van der Waals surface area contributed by atoms with E-state index in [4.69, 9.17) is 20.4 Å². The summed E-state index contributed by atoms with van der Waals surface area (Å²) in [4.78, 5) is 40.3. The molecule has 3 rings (SSSR count). The Morgan fingerprint density at radius 3 is 2.36 bits per heavy atom. The monoisotopic (exact) mass is 567 g/mol. The molecule has 39 heavy (non-hydrogen) atoms. The predicted molar refractivity (Wildman–Crippen MR) is 142 cm³/mol. The molecule has 0 aliphatic carbocycles. The summed E-state index contributed by atoms with van der Waals surface area (Å²) in [6, 6.07) is 12.1. The SMILES string of the molecule is CCN(CC)CCOc1cccc(-c2cc(C(=O)Nc3cccnc3)c(NC(N)=O)s2)c1.O=C(O)C(F)(F)F. The van der Waals surface area contributed by atoms with Gasteiger partial charge < -0.3 is 25.8 Å². The van der Waals surface area contributed by atoms with Gasteiger partial charge in [0.2, 0.25) is 0 Å². The number of likely N-dealkylation sites (N-methyl/N-ethyl adjacent to an activating group) is 1. The highest BCUT2D eigenvalue weighted by atomic mass is 32.1. The number of thiophene rings is 1. The number of ether oxygens (including phenoxy) is 1. The van der Waals surface area contributed by atoms with Crippen LogP contribution in [0.5, 0.6) is 5.75 Å². The van der Waals surface area contributed by atoms with Crippen molar-refractivity contribution < 1.29 is 37.4 Å². The Labute approximate surface area is 226 Å². The average Bonchev–Trinajstić information content (AvgIpc) is 3.30. The van der Waals surface area contributed by atoms with Gasteiger partial charge in [0.15, 0.2) is 0 Å². The molecule has 2 heterocycles. The van der Waals surface area contributed by atoms with E-state index in [0.717, 1.165) is 35.8 Å². The number of urea groups is 1. The van der Waals surface area contributed by atoms with Gasteiger partial charge >= 0.3 is 18.2 Å². The van der Waals surface area contributed by atoms with E-state index in [0.29, 0.717) is 22.9 Å². The second-order valence-corrected chi connectivity index (χ2v) is 8.80. The summed E-state index contributed by atoms with van der Waals surface area (Å²) in [5, 5.41) is 12.8. The van der Waals surface area contributed by atoms with Gasteiger partial charge in [0.25, 0.3) is 5.91 Å². The molecule has 3 aromatic rings. The minimum Gasteiger partial charge on any atom is -0.492 e. The topological polar surface area (TPSA) is 147 Å². The second-order valence-electron chi connectivity index (χ2n) is 7.74. The Morgan fingerprint density at radius 2 is 1.79 bits per heavy atom. The zero-order valence-corrected chi connectivity index (χ0v) is 21.9. The number of amides is 3. The lowest BCUT2D eigenvalue weighted by atomic mass is 10.1. The number of benzene rings is 1. The van der Waals surface area contributed by atoms with Gasteiger partial charge in [0.05, 0.1) is 17.4 Å². The fourth-order valence-electron chi connectivity index (χ4n) is 3.11. The molecule has 0 unspecified atom stereocenters. The van der Waals surface area contributed by atoms with E-state index in [1.807, 2.05) is 24.3 Å². The standard InChI is InChI=1S/C23H27N5O3S.C2HF3O2/c1-3-28(4-2)11-12-31-18-9-5-7-16(13-18)20-14-19(22(32-20)27-23(24)30)21(29)26-17-8-6-10-25-15-17;3-2(4,5)1(6)7/h5-10,13-15H,3-4,11-12H2,1-2H3,(H,26,29)(H3,24,27,30);(H,6,7). The van der Waals surface area contributed by atoms with Crippen LogP contribution < -0.4 is 21.1 Å². The largest absolute Gasteiger partial charge is 0.492 e. The lowest BCUT2D eigenvalue weighted by molar-refractivity contribution is -0.192. The highest BCUT2D eigenvalue weighted by molar-refractivity contribution is 7.20. The average molecular weight is 568 g/mol. The highest BCUT2D eigenvalue weighted by Crippen LogP contribution is 2.37. The molecular formula is C25H28F3N5O5S. The number of pyridine rings is 1. The molecule has 0 spiro atoms. The molecule has 10 nitrogen and oxygen atoms in total. The van der Waals surface area contributed by atoms with Crippen molar-refractivity contribution in [2.75, 3.05) is 36.9 Å². The van der Waals surface area contributed by atoms with Crippen LogP contribution in [-0.2, 0) is 4.79 Å². The quantitative estimate of drug-likeness (QED) is 0.272. The van der Waals surface area contributed by atoms with Crippen LogP contribution in [0, 0.1) is 0 Å². The number of nitrogens with zero attached hydrogens (tertiary/aromatic N) is 2. The number of hydrogen-bond donors (Lipinski definition) is 4. The molecular weight excluding hydrogens is 539 g/mol. The van der Waals surface area contributed by atoms with E-state index < -0.39 is 18.2 Å². The number of nitrogens with two attached hydrogens (primary N) is 1. The third-order valence-electron chi connectivity index (χ3n) is 5.06. The van der Waals surface area contributed by atoms with Gasteiger partial charge in [-0.2, -0.15) is 13.2 Å². The number of carbonyl (C=O) groups excluding carboxylic acids is 2. The van der Waals surface area contributed by atoms with E-state index in [1.54, 1.807) is 30.6 Å². The van der Waals surface area contributed by atoms with Gasteiger partial charge in [-0.15, -0.1) is 11.3 Å². The molecule has 210 valence electrons. The Balaban J connectivity index is 0.000000673. The maximum Gasteiger partial charge on any atom is 0.490 e. The molecule has 0 atom stereocenters. The van der Waals surface area contributed by atoms with Crippen LogP contribution in [-0.4, -0.2) is 65.3 Å². The summed E-state index contributed by atoms with van der Waals surface area (Å²) < 4.78 is 37.7. The van der Waals surface area contributed by atoms with Crippen LogP contribution in [0.1, 0.15) is 24.2 Å².